The van der Waals surface area contributed by atoms with E-state index in [9.17, 15) is 14.0 Å². The highest BCUT2D eigenvalue weighted by atomic mass is 32.1. The Labute approximate surface area is 179 Å². The number of aliphatic carboxylic acids is 1. The van der Waals surface area contributed by atoms with Crippen LogP contribution < -0.4 is 0 Å². The first-order chi connectivity index (χ1) is 14.4. The second-order valence-electron chi connectivity index (χ2n) is 7.94. The number of halogens is 1. The second kappa shape index (κ2) is 8.73. The third-order valence-electron chi connectivity index (χ3n) is 5.70. The van der Waals surface area contributed by atoms with Gasteiger partial charge in [-0.2, -0.15) is 12.6 Å². The molecule has 1 aromatic heterocycles. The molecule has 1 aromatic carbocycles. The molecule has 1 aliphatic heterocycles. The van der Waals surface area contributed by atoms with Gasteiger partial charge in [0, 0.05) is 29.8 Å². The fraction of sp³-hybridized carbons (Fsp3) is 0.409. The second-order valence-corrected chi connectivity index (χ2v) is 8.56. The predicted octanol–water partition coefficient (Wildman–Crippen LogP) is 3.21. The van der Waals surface area contributed by atoms with Crippen molar-refractivity contribution in [3.05, 3.63) is 59.4 Å². The van der Waals surface area contributed by atoms with Gasteiger partial charge in [0.1, 0.15) is 12.4 Å². The van der Waals surface area contributed by atoms with Crippen molar-refractivity contribution >= 4 is 30.5 Å². The van der Waals surface area contributed by atoms with Crippen molar-refractivity contribution in [3.63, 3.8) is 0 Å². The predicted molar refractivity (Wildman–Crippen MR) is 114 cm³/mol. The topological polar surface area (TPSA) is 75.4 Å². The zero-order valence-corrected chi connectivity index (χ0v) is 17.3. The lowest BCUT2D eigenvalue weighted by Gasteiger charge is -2.37. The third kappa shape index (κ3) is 4.49. The van der Waals surface area contributed by atoms with Crippen molar-refractivity contribution in [2.24, 2.45) is 5.92 Å². The number of aromatic nitrogens is 2. The number of hydrogen-bond acceptors (Lipinski definition) is 5. The molecule has 8 heteroatoms. The number of hydrogen-bond donors (Lipinski definition) is 2. The molecule has 0 spiro atoms. The number of likely N-dealkylation sites (tertiary alicyclic amines) is 1. The molecule has 2 aromatic rings. The summed E-state index contributed by atoms with van der Waals surface area (Å²) in [6.07, 6.45) is 7.42. The van der Waals surface area contributed by atoms with Crippen LogP contribution in [0.1, 0.15) is 36.6 Å². The first kappa shape index (κ1) is 20.8. The van der Waals surface area contributed by atoms with Crippen molar-refractivity contribution in [2.45, 2.75) is 37.1 Å². The van der Waals surface area contributed by atoms with Crippen LogP contribution in [0.3, 0.4) is 0 Å². The number of rotatable bonds is 7. The maximum absolute atomic E-state index is 14.6. The average Bonchev–Trinajstić information content (AvgIpc) is 3.48. The summed E-state index contributed by atoms with van der Waals surface area (Å²) in [6.45, 7) is 0.916. The van der Waals surface area contributed by atoms with Crippen LogP contribution in [-0.4, -0.2) is 49.6 Å². The monoisotopic (exact) mass is 429 g/mol. The summed E-state index contributed by atoms with van der Waals surface area (Å²) in [6, 6.07) is 5.87. The van der Waals surface area contributed by atoms with Gasteiger partial charge in [-0.1, -0.05) is 18.2 Å². The summed E-state index contributed by atoms with van der Waals surface area (Å²) in [5.41, 5.74) is 2.05. The van der Waals surface area contributed by atoms with Crippen LogP contribution in [0.5, 0.6) is 0 Å². The number of thiol groups is 1. The highest BCUT2D eigenvalue weighted by molar-refractivity contribution is 7.81. The Kier molecular flexibility index (Phi) is 6.06. The highest BCUT2D eigenvalue weighted by Crippen LogP contribution is 2.39. The lowest BCUT2D eigenvalue weighted by Crippen LogP contribution is -2.42. The molecule has 1 saturated carbocycles. The Morgan fingerprint density at radius 1 is 1.30 bits per heavy atom. The number of carbonyl (C=O) groups is 2. The van der Waals surface area contributed by atoms with Crippen LogP contribution in [0, 0.1) is 11.7 Å². The number of benzene rings is 1. The Morgan fingerprint density at radius 3 is 2.77 bits per heavy atom. The Balaban J connectivity index is 1.64. The first-order valence-electron chi connectivity index (χ1n) is 10.1. The molecule has 2 aliphatic rings. The number of piperidine rings is 1. The molecule has 6 nitrogen and oxygen atoms in total. The zero-order chi connectivity index (χ0) is 21.3. The number of carbonyl (C=O) groups excluding carboxylic acids is 1. The van der Waals surface area contributed by atoms with E-state index in [2.05, 4.69) is 4.98 Å². The molecule has 2 fully saturated rings. The van der Waals surface area contributed by atoms with E-state index in [1.165, 1.54) is 12.4 Å². The normalized spacial score (nSPS) is 22.2. The highest BCUT2D eigenvalue weighted by Gasteiger charge is 2.40. The van der Waals surface area contributed by atoms with Crippen LogP contribution in [0.25, 0.3) is 6.08 Å². The largest absolute Gasteiger partial charge is 0.480 e. The molecule has 2 heterocycles. The zero-order valence-electron chi connectivity index (χ0n) is 16.4. The molecular weight excluding hydrogens is 405 g/mol. The van der Waals surface area contributed by atoms with Gasteiger partial charge in [0.15, 0.2) is 5.78 Å². The summed E-state index contributed by atoms with van der Waals surface area (Å²) in [7, 11) is 0. The van der Waals surface area contributed by atoms with Crippen molar-refractivity contribution in [2.75, 3.05) is 13.1 Å². The number of nitrogens with zero attached hydrogens (tertiary/aromatic N) is 3. The summed E-state index contributed by atoms with van der Waals surface area (Å²) in [5, 5.41) is 9.07. The lowest BCUT2D eigenvalue weighted by atomic mass is 9.93. The minimum atomic E-state index is -0.949. The molecule has 2 atom stereocenters. The summed E-state index contributed by atoms with van der Waals surface area (Å²) in [5.74, 6) is -1.23. The van der Waals surface area contributed by atoms with Gasteiger partial charge < -0.3 is 9.67 Å². The third-order valence-corrected chi connectivity index (χ3v) is 6.29. The molecule has 0 radical (unpaired) electrons. The molecule has 0 amide bonds. The van der Waals surface area contributed by atoms with Crippen molar-refractivity contribution in [1.82, 2.24) is 14.5 Å². The number of imidazole rings is 1. The fourth-order valence-electron chi connectivity index (χ4n) is 3.99. The van der Waals surface area contributed by atoms with E-state index in [0.717, 1.165) is 18.4 Å². The quantitative estimate of drug-likeness (QED) is 0.661. The van der Waals surface area contributed by atoms with Crippen LogP contribution in [0.4, 0.5) is 4.39 Å². The molecule has 1 N–H and O–H groups in total. The van der Waals surface area contributed by atoms with Crippen LogP contribution in [0.15, 0.2) is 42.4 Å². The van der Waals surface area contributed by atoms with Crippen molar-refractivity contribution in [1.29, 1.82) is 0 Å². The molecule has 4 rings (SSSR count). The van der Waals surface area contributed by atoms with Gasteiger partial charge in [-0.3, -0.25) is 14.5 Å². The standard InChI is InChI=1S/C22H24FN3O3S/c23-18-4-2-1-3-17(18)21(22(29)14-5-6-14)25-8-7-19(30)15(11-25)9-16-10-24-13-26(16)12-20(27)28/h1-4,9-10,13-14,19,21,30H,5-8,11-12H2,(H,27,28)/b15-9+. The molecule has 2 unspecified atom stereocenters. The molecule has 1 saturated heterocycles. The van der Waals surface area contributed by atoms with Crippen molar-refractivity contribution in [3.8, 4) is 0 Å². The van der Waals surface area contributed by atoms with Crippen molar-refractivity contribution < 1.29 is 19.1 Å². The number of Topliss-reactive ketones (excluding diaryl/α,β-unsaturated/α-hetero) is 1. The van der Waals surface area contributed by atoms with Gasteiger partial charge in [0.2, 0.25) is 0 Å². The number of carboxylic acids is 1. The smallest absolute Gasteiger partial charge is 0.323 e. The maximum Gasteiger partial charge on any atom is 0.323 e. The van der Waals surface area contributed by atoms with E-state index < -0.39 is 12.0 Å². The average molecular weight is 430 g/mol. The Hall–Kier alpha value is -2.45. The van der Waals surface area contributed by atoms with E-state index in [4.69, 9.17) is 17.7 Å². The first-order valence-corrected chi connectivity index (χ1v) is 10.6. The van der Waals surface area contributed by atoms with E-state index in [-0.39, 0.29) is 29.3 Å². The minimum Gasteiger partial charge on any atom is -0.480 e. The van der Waals surface area contributed by atoms with Crippen LogP contribution in [-0.2, 0) is 16.1 Å². The number of carboxylic acid groups (broad SMARTS) is 1. The Morgan fingerprint density at radius 2 is 2.07 bits per heavy atom. The van der Waals surface area contributed by atoms with Crippen LogP contribution in [0.2, 0.25) is 0 Å². The summed E-state index contributed by atoms with van der Waals surface area (Å²) < 4.78 is 16.2. The van der Waals surface area contributed by atoms with Gasteiger partial charge >= 0.3 is 5.97 Å². The summed E-state index contributed by atoms with van der Waals surface area (Å²) in [4.78, 5) is 30.3. The maximum atomic E-state index is 14.6. The molecular formula is C22H24FN3O3S. The number of ketones is 1. The molecule has 158 valence electrons. The van der Waals surface area contributed by atoms with Crippen LogP contribution >= 0.6 is 12.6 Å². The minimum absolute atomic E-state index is 0.00718. The van der Waals surface area contributed by atoms with E-state index in [0.29, 0.717) is 30.8 Å². The lowest BCUT2D eigenvalue weighted by molar-refractivity contribution is -0.137. The van der Waals surface area contributed by atoms with E-state index in [1.54, 1.807) is 29.0 Å². The fourth-order valence-corrected chi connectivity index (χ4v) is 4.26. The van der Waals surface area contributed by atoms with E-state index in [1.807, 2.05) is 11.0 Å². The van der Waals surface area contributed by atoms with Gasteiger partial charge in [-0.15, -0.1) is 0 Å². The molecule has 30 heavy (non-hydrogen) atoms. The summed E-state index contributed by atoms with van der Waals surface area (Å²) >= 11 is 4.69. The molecule has 1 aliphatic carbocycles. The van der Waals surface area contributed by atoms with Gasteiger partial charge in [0.25, 0.3) is 0 Å². The van der Waals surface area contributed by atoms with E-state index >= 15 is 0 Å². The SMILES string of the molecule is O=C(O)Cn1cncc1/C=C1\CN(C(C(=O)C2CC2)c2ccccc2F)CCC1S. The Bertz CT molecular complexity index is 986. The van der Waals surface area contributed by atoms with Gasteiger partial charge in [-0.05, 0) is 37.0 Å². The van der Waals surface area contributed by atoms with Gasteiger partial charge in [-0.25, -0.2) is 9.37 Å². The van der Waals surface area contributed by atoms with Gasteiger partial charge in [0.05, 0.1) is 24.3 Å². The molecule has 0 bridgehead atoms.